The van der Waals surface area contributed by atoms with Gasteiger partial charge in [0.15, 0.2) is 0 Å². The first-order chi connectivity index (χ1) is 7.88. The summed E-state index contributed by atoms with van der Waals surface area (Å²) in [6, 6.07) is 2.76. The number of hydrogen-bond donors (Lipinski definition) is 1. The van der Waals surface area contributed by atoms with Gasteiger partial charge in [-0.1, -0.05) is 49.4 Å². The minimum absolute atomic E-state index is 0.0307. The van der Waals surface area contributed by atoms with Crippen molar-refractivity contribution in [1.29, 1.82) is 0 Å². The average molecular weight is 278 g/mol. The minimum atomic E-state index is -0.613. The summed E-state index contributed by atoms with van der Waals surface area (Å²) in [6.45, 7) is 4.00. The minimum Gasteiger partial charge on any atom is -0.322 e. The van der Waals surface area contributed by atoms with Crippen molar-refractivity contribution in [3.63, 3.8) is 0 Å². The maximum absolute atomic E-state index is 13.4. The second-order valence-corrected chi connectivity index (χ2v) is 5.44. The van der Waals surface area contributed by atoms with Gasteiger partial charge in [0, 0.05) is 10.6 Å². The molecule has 0 saturated carbocycles. The monoisotopic (exact) mass is 277 g/mol. The number of benzene rings is 1. The Morgan fingerprint density at radius 3 is 2.47 bits per heavy atom. The second-order valence-electron chi connectivity index (χ2n) is 4.62. The fraction of sp³-hybridized carbons (Fsp3) is 0.538. The summed E-state index contributed by atoms with van der Waals surface area (Å²) < 4.78 is 13.4. The van der Waals surface area contributed by atoms with Gasteiger partial charge >= 0.3 is 0 Å². The van der Waals surface area contributed by atoms with Gasteiger partial charge in [0.1, 0.15) is 5.82 Å². The van der Waals surface area contributed by atoms with E-state index in [1.165, 1.54) is 12.1 Å². The summed E-state index contributed by atoms with van der Waals surface area (Å²) in [6.07, 6.45) is 4.02. The molecule has 4 heteroatoms. The van der Waals surface area contributed by atoms with Crippen LogP contribution in [0.1, 0.15) is 45.1 Å². The molecule has 0 aromatic heterocycles. The van der Waals surface area contributed by atoms with Crippen LogP contribution in [0.25, 0.3) is 0 Å². The van der Waals surface area contributed by atoms with Gasteiger partial charge in [0.2, 0.25) is 0 Å². The Morgan fingerprint density at radius 1 is 1.24 bits per heavy atom. The Balaban J connectivity index is 2.93. The molecule has 0 radical (unpaired) electrons. The molecule has 0 fully saturated rings. The van der Waals surface area contributed by atoms with Crippen molar-refractivity contribution in [2.24, 2.45) is 5.73 Å². The van der Waals surface area contributed by atoms with Crippen molar-refractivity contribution in [3.8, 4) is 0 Å². The van der Waals surface area contributed by atoms with Crippen molar-refractivity contribution in [3.05, 3.63) is 33.6 Å². The SMILES string of the molecule is CCCCCC(C)(N)c1cc(F)c(Cl)cc1Cl. The highest BCUT2D eigenvalue weighted by Crippen LogP contribution is 2.33. The lowest BCUT2D eigenvalue weighted by Crippen LogP contribution is -2.33. The molecule has 1 rings (SSSR count). The molecule has 0 saturated heterocycles. The molecule has 1 atom stereocenters. The summed E-state index contributed by atoms with van der Waals surface area (Å²) in [4.78, 5) is 0. The summed E-state index contributed by atoms with van der Waals surface area (Å²) in [7, 11) is 0. The molecule has 1 nitrogen and oxygen atoms in total. The van der Waals surface area contributed by atoms with Crippen LogP contribution in [0.2, 0.25) is 10.0 Å². The highest BCUT2D eigenvalue weighted by molar-refractivity contribution is 6.35. The summed E-state index contributed by atoms with van der Waals surface area (Å²) in [5.41, 5.74) is 6.21. The third kappa shape index (κ3) is 3.84. The highest BCUT2D eigenvalue weighted by Gasteiger charge is 2.24. The Morgan fingerprint density at radius 2 is 1.88 bits per heavy atom. The molecule has 0 aliphatic heterocycles. The molecule has 1 aromatic rings. The van der Waals surface area contributed by atoms with Crippen LogP contribution in [0.4, 0.5) is 4.39 Å². The Hall–Kier alpha value is -0.310. The molecular formula is C13H18Cl2FN. The quantitative estimate of drug-likeness (QED) is 0.602. The smallest absolute Gasteiger partial charge is 0.142 e. The van der Waals surface area contributed by atoms with Crippen molar-refractivity contribution in [1.82, 2.24) is 0 Å². The Kier molecular flexibility index (Phi) is 5.23. The van der Waals surface area contributed by atoms with Crippen molar-refractivity contribution in [2.75, 3.05) is 0 Å². The van der Waals surface area contributed by atoms with E-state index in [-0.39, 0.29) is 5.02 Å². The predicted molar refractivity (Wildman–Crippen MR) is 72.1 cm³/mol. The van der Waals surface area contributed by atoms with E-state index in [2.05, 4.69) is 6.92 Å². The van der Waals surface area contributed by atoms with E-state index < -0.39 is 11.4 Å². The third-order valence-corrected chi connectivity index (χ3v) is 3.53. The van der Waals surface area contributed by atoms with Gasteiger partial charge in [-0.3, -0.25) is 0 Å². The molecule has 0 spiro atoms. The van der Waals surface area contributed by atoms with E-state index in [9.17, 15) is 4.39 Å². The molecule has 96 valence electrons. The van der Waals surface area contributed by atoms with Crippen LogP contribution in [0.3, 0.4) is 0 Å². The van der Waals surface area contributed by atoms with Crippen LogP contribution in [-0.2, 0) is 5.54 Å². The van der Waals surface area contributed by atoms with Crippen LogP contribution in [0.15, 0.2) is 12.1 Å². The van der Waals surface area contributed by atoms with Crippen molar-refractivity contribution < 1.29 is 4.39 Å². The number of unbranched alkanes of at least 4 members (excludes halogenated alkanes) is 2. The fourth-order valence-electron chi connectivity index (χ4n) is 1.84. The molecule has 0 amide bonds. The molecule has 17 heavy (non-hydrogen) atoms. The first kappa shape index (κ1) is 14.7. The number of hydrogen-bond acceptors (Lipinski definition) is 1. The summed E-state index contributed by atoms with van der Waals surface area (Å²) in [5, 5.41) is 0.459. The van der Waals surface area contributed by atoms with Crippen LogP contribution < -0.4 is 5.73 Å². The van der Waals surface area contributed by atoms with Crippen LogP contribution in [0, 0.1) is 5.82 Å². The average Bonchev–Trinajstić information content (AvgIpc) is 2.23. The molecule has 2 N–H and O–H groups in total. The molecule has 1 aromatic carbocycles. The van der Waals surface area contributed by atoms with Gasteiger partial charge in [-0.05, 0) is 31.0 Å². The van der Waals surface area contributed by atoms with Gasteiger partial charge in [-0.25, -0.2) is 4.39 Å². The molecule has 0 bridgehead atoms. The third-order valence-electron chi connectivity index (χ3n) is 2.92. The van der Waals surface area contributed by atoms with E-state index in [1.807, 2.05) is 6.92 Å². The van der Waals surface area contributed by atoms with E-state index in [0.29, 0.717) is 10.6 Å². The number of halogens is 3. The van der Waals surface area contributed by atoms with E-state index >= 15 is 0 Å². The van der Waals surface area contributed by atoms with Gasteiger partial charge in [-0.2, -0.15) is 0 Å². The van der Waals surface area contributed by atoms with Crippen molar-refractivity contribution >= 4 is 23.2 Å². The van der Waals surface area contributed by atoms with Gasteiger partial charge in [-0.15, -0.1) is 0 Å². The largest absolute Gasteiger partial charge is 0.322 e. The molecule has 1 unspecified atom stereocenters. The zero-order valence-corrected chi connectivity index (χ0v) is 11.7. The lowest BCUT2D eigenvalue weighted by atomic mass is 9.87. The zero-order chi connectivity index (χ0) is 13.1. The Labute approximate surface area is 112 Å². The number of rotatable bonds is 5. The van der Waals surface area contributed by atoms with E-state index in [4.69, 9.17) is 28.9 Å². The molecular weight excluding hydrogens is 260 g/mol. The molecule has 0 heterocycles. The molecule has 0 aliphatic carbocycles. The van der Waals surface area contributed by atoms with Crippen LogP contribution in [-0.4, -0.2) is 0 Å². The number of nitrogens with two attached hydrogens (primary N) is 1. The highest BCUT2D eigenvalue weighted by atomic mass is 35.5. The summed E-state index contributed by atoms with van der Waals surface area (Å²) >= 11 is 11.7. The van der Waals surface area contributed by atoms with Gasteiger partial charge in [0.25, 0.3) is 0 Å². The van der Waals surface area contributed by atoms with Crippen molar-refractivity contribution in [2.45, 2.75) is 45.1 Å². The first-order valence-corrected chi connectivity index (χ1v) is 6.58. The van der Waals surface area contributed by atoms with E-state index in [0.717, 1.165) is 25.7 Å². The second kappa shape index (κ2) is 6.03. The predicted octanol–water partition coefficient (Wildman–Crippen LogP) is 4.89. The van der Waals surface area contributed by atoms with Gasteiger partial charge < -0.3 is 5.73 Å². The van der Waals surface area contributed by atoms with E-state index in [1.54, 1.807) is 0 Å². The topological polar surface area (TPSA) is 26.0 Å². The Bertz CT molecular complexity index is 391. The zero-order valence-electron chi connectivity index (χ0n) is 10.2. The molecule has 0 aliphatic rings. The maximum Gasteiger partial charge on any atom is 0.142 e. The standard InChI is InChI=1S/C13H18Cl2FN/c1-3-4-5-6-13(2,17)9-7-12(16)11(15)8-10(9)14/h7-8H,3-6,17H2,1-2H3. The normalized spacial score (nSPS) is 14.7. The summed E-state index contributed by atoms with van der Waals surface area (Å²) in [5.74, 6) is -0.474. The lowest BCUT2D eigenvalue weighted by molar-refractivity contribution is 0.425. The van der Waals surface area contributed by atoms with Gasteiger partial charge in [0.05, 0.1) is 5.02 Å². The fourth-order valence-corrected chi connectivity index (χ4v) is 2.44. The maximum atomic E-state index is 13.4. The van der Waals surface area contributed by atoms with Crippen LogP contribution in [0.5, 0.6) is 0 Å². The first-order valence-electron chi connectivity index (χ1n) is 5.82. The van der Waals surface area contributed by atoms with Crippen LogP contribution >= 0.6 is 23.2 Å². The lowest BCUT2D eigenvalue weighted by Gasteiger charge is -2.26.